The molecule has 0 radical (unpaired) electrons. The van der Waals surface area contributed by atoms with E-state index in [0.717, 1.165) is 5.82 Å². The summed E-state index contributed by atoms with van der Waals surface area (Å²) in [6.45, 7) is 1.35. The summed E-state index contributed by atoms with van der Waals surface area (Å²) in [6.07, 6.45) is 1.71. The number of hydrogen-bond donors (Lipinski definition) is 2. The maximum atomic E-state index is 9.27. The van der Waals surface area contributed by atoms with Gasteiger partial charge >= 0.3 is 0 Å². The van der Waals surface area contributed by atoms with Gasteiger partial charge in [0.15, 0.2) is 0 Å². The molecule has 0 aromatic carbocycles. The monoisotopic (exact) mass is 151 g/mol. The zero-order chi connectivity index (χ0) is 7.68. The van der Waals surface area contributed by atoms with Crippen molar-refractivity contribution in [2.75, 3.05) is 11.9 Å². The normalized spacial score (nSPS) is 22.1. The molecule has 3 heteroatoms. The first kappa shape index (κ1) is 6.61. The van der Waals surface area contributed by atoms with E-state index in [1.807, 2.05) is 29.0 Å². The van der Waals surface area contributed by atoms with Gasteiger partial charge in [-0.05, 0) is 6.07 Å². The second-order valence-corrected chi connectivity index (χ2v) is 2.77. The summed E-state index contributed by atoms with van der Waals surface area (Å²) in [5.74, 6) is 1.08. The molecule has 1 aliphatic heterocycles. The number of hydrogen-bond acceptors (Lipinski definition) is 2. The van der Waals surface area contributed by atoms with Crippen molar-refractivity contribution in [3.05, 3.63) is 24.4 Å². The topological polar surface area (TPSA) is 36.1 Å². The van der Waals surface area contributed by atoms with E-state index in [1.54, 1.807) is 0 Å². The number of rotatable bonds is 0. The number of aliphatic hydroxyl groups excluding tert-OH is 1. The van der Waals surface area contributed by atoms with Crippen molar-refractivity contribution in [2.45, 2.75) is 12.6 Å². The molecule has 58 valence electrons. The van der Waals surface area contributed by atoms with Crippen LogP contribution in [0.5, 0.6) is 0 Å². The highest BCUT2D eigenvalue weighted by molar-refractivity contribution is 5.28. The van der Waals surface area contributed by atoms with Crippen LogP contribution in [0.15, 0.2) is 24.4 Å². The number of nitrogens with zero attached hydrogens (tertiary/aromatic N) is 1. The summed E-state index contributed by atoms with van der Waals surface area (Å²) in [6, 6.07) is 5.95. The number of aromatic nitrogens is 1. The van der Waals surface area contributed by atoms with Gasteiger partial charge in [-0.25, -0.2) is 4.57 Å². The van der Waals surface area contributed by atoms with Crippen molar-refractivity contribution in [3.63, 3.8) is 0 Å². The molecule has 0 unspecified atom stereocenters. The van der Waals surface area contributed by atoms with Crippen LogP contribution >= 0.6 is 0 Å². The van der Waals surface area contributed by atoms with Gasteiger partial charge in [-0.3, -0.25) is 5.32 Å². The van der Waals surface area contributed by atoms with E-state index in [1.165, 1.54) is 0 Å². The third kappa shape index (κ3) is 1.19. The lowest BCUT2D eigenvalue weighted by molar-refractivity contribution is -0.693. The molecule has 0 aliphatic carbocycles. The van der Waals surface area contributed by atoms with Crippen molar-refractivity contribution in [1.82, 2.24) is 0 Å². The zero-order valence-corrected chi connectivity index (χ0v) is 6.20. The molecule has 0 spiro atoms. The molecule has 2 N–H and O–H groups in total. The number of anilines is 1. The Kier molecular flexibility index (Phi) is 1.51. The summed E-state index contributed by atoms with van der Waals surface area (Å²) < 4.78 is 2.01. The van der Waals surface area contributed by atoms with E-state index < -0.39 is 0 Å². The van der Waals surface area contributed by atoms with Crippen LogP contribution in [-0.2, 0) is 6.54 Å². The molecule has 2 rings (SSSR count). The second kappa shape index (κ2) is 2.51. The van der Waals surface area contributed by atoms with Crippen LogP contribution in [-0.4, -0.2) is 17.8 Å². The number of fused-ring (bicyclic) bond motifs is 1. The Morgan fingerprint density at radius 1 is 1.55 bits per heavy atom. The van der Waals surface area contributed by atoms with E-state index >= 15 is 0 Å². The van der Waals surface area contributed by atoms with Crippen molar-refractivity contribution < 1.29 is 9.67 Å². The van der Waals surface area contributed by atoms with Gasteiger partial charge in [0.2, 0.25) is 0 Å². The summed E-state index contributed by atoms with van der Waals surface area (Å²) in [7, 11) is 0. The van der Waals surface area contributed by atoms with Gasteiger partial charge in [-0.15, -0.1) is 0 Å². The minimum atomic E-state index is -0.255. The molecule has 11 heavy (non-hydrogen) atoms. The smallest absolute Gasteiger partial charge is 0.274 e. The van der Waals surface area contributed by atoms with Crippen molar-refractivity contribution in [2.24, 2.45) is 0 Å². The van der Waals surface area contributed by atoms with Gasteiger partial charge in [-0.2, -0.15) is 0 Å². The molecule has 3 nitrogen and oxygen atoms in total. The van der Waals surface area contributed by atoms with E-state index in [-0.39, 0.29) is 6.10 Å². The fourth-order valence-electron chi connectivity index (χ4n) is 1.31. The van der Waals surface area contributed by atoms with Crippen LogP contribution < -0.4 is 9.88 Å². The lowest BCUT2D eigenvalue weighted by Crippen LogP contribution is -2.49. The van der Waals surface area contributed by atoms with Crippen LogP contribution in [0, 0.1) is 0 Å². The summed E-state index contributed by atoms with van der Waals surface area (Å²) in [5, 5.41) is 12.4. The van der Waals surface area contributed by atoms with Crippen molar-refractivity contribution >= 4 is 5.82 Å². The van der Waals surface area contributed by atoms with E-state index in [4.69, 9.17) is 0 Å². The molecular formula is C8H11N2O+. The Balaban J connectivity index is 2.34. The third-order valence-corrected chi connectivity index (χ3v) is 1.87. The molecular weight excluding hydrogens is 140 g/mol. The molecule has 0 saturated carbocycles. The first-order valence-electron chi connectivity index (χ1n) is 3.76. The number of nitrogens with one attached hydrogen (secondary N) is 1. The SMILES string of the molecule is O[C@H]1CNc2cccc[n+]2C1. The first-order chi connectivity index (χ1) is 5.36. The molecule has 2 heterocycles. The Morgan fingerprint density at radius 2 is 2.45 bits per heavy atom. The van der Waals surface area contributed by atoms with Gasteiger partial charge in [-0.1, -0.05) is 6.07 Å². The number of pyridine rings is 1. The Hall–Kier alpha value is -1.09. The predicted octanol–water partition coefficient (Wildman–Crippen LogP) is -0.240. The largest absolute Gasteiger partial charge is 0.385 e. The summed E-state index contributed by atoms with van der Waals surface area (Å²) in [5.41, 5.74) is 0. The first-order valence-corrected chi connectivity index (χ1v) is 3.76. The second-order valence-electron chi connectivity index (χ2n) is 2.77. The maximum absolute atomic E-state index is 9.27. The van der Waals surface area contributed by atoms with E-state index in [0.29, 0.717) is 13.1 Å². The minimum Gasteiger partial charge on any atom is -0.385 e. The average molecular weight is 151 g/mol. The van der Waals surface area contributed by atoms with Crippen LogP contribution in [0.2, 0.25) is 0 Å². The van der Waals surface area contributed by atoms with Crippen molar-refractivity contribution in [3.8, 4) is 0 Å². The third-order valence-electron chi connectivity index (χ3n) is 1.87. The summed E-state index contributed by atoms with van der Waals surface area (Å²) >= 11 is 0. The van der Waals surface area contributed by atoms with Gasteiger partial charge in [0.05, 0.1) is 6.20 Å². The molecule has 1 aliphatic rings. The highest BCUT2D eigenvalue weighted by Crippen LogP contribution is 2.03. The molecule has 0 fully saturated rings. The summed E-state index contributed by atoms with van der Waals surface area (Å²) in [4.78, 5) is 0. The highest BCUT2D eigenvalue weighted by Gasteiger charge is 2.19. The Labute approximate surface area is 65.3 Å². The number of aliphatic hydroxyl groups is 1. The lowest BCUT2D eigenvalue weighted by Gasteiger charge is -2.16. The van der Waals surface area contributed by atoms with E-state index in [9.17, 15) is 5.11 Å². The van der Waals surface area contributed by atoms with Gasteiger partial charge < -0.3 is 5.11 Å². The quantitative estimate of drug-likeness (QED) is 0.502. The standard InChI is InChI=1S/C8H10N2O/c11-7-5-9-8-3-1-2-4-10(8)6-7/h1-4,7,11H,5-6H2/p+1/t7-/m0/s1. The molecule has 1 atom stereocenters. The lowest BCUT2D eigenvalue weighted by atomic mass is 10.2. The molecule has 0 bridgehead atoms. The van der Waals surface area contributed by atoms with E-state index in [2.05, 4.69) is 5.32 Å². The zero-order valence-electron chi connectivity index (χ0n) is 6.20. The maximum Gasteiger partial charge on any atom is 0.274 e. The van der Waals surface area contributed by atoms with Crippen LogP contribution in [0.25, 0.3) is 0 Å². The van der Waals surface area contributed by atoms with Gasteiger partial charge in [0.1, 0.15) is 19.2 Å². The van der Waals surface area contributed by atoms with Crippen LogP contribution in [0.3, 0.4) is 0 Å². The fourth-order valence-corrected chi connectivity index (χ4v) is 1.31. The molecule has 0 saturated heterocycles. The Bertz CT molecular complexity index is 262. The minimum absolute atomic E-state index is 0.255. The Morgan fingerprint density at radius 3 is 3.36 bits per heavy atom. The average Bonchev–Trinajstić information content (AvgIpc) is 2.04. The predicted molar refractivity (Wildman–Crippen MR) is 41.1 cm³/mol. The molecule has 1 aromatic heterocycles. The van der Waals surface area contributed by atoms with Gasteiger partial charge in [0, 0.05) is 6.07 Å². The molecule has 0 amide bonds. The highest BCUT2D eigenvalue weighted by atomic mass is 16.3. The number of β-amino-alcohol motifs (C(OH)–C–C–N with tert-alkyl or cyclic N) is 1. The van der Waals surface area contributed by atoms with Crippen LogP contribution in [0.1, 0.15) is 0 Å². The van der Waals surface area contributed by atoms with Gasteiger partial charge in [0.25, 0.3) is 5.82 Å². The van der Waals surface area contributed by atoms with Crippen LogP contribution in [0.4, 0.5) is 5.82 Å². The fraction of sp³-hybridized carbons (Fsp3) is 0.375. The van der Waals surface area contributed by atoms with Crippen molar-refractivity contribution in [1.29, 1.82) is 0 Å². The molecule has 1 aromatic rings.